The van der Waals surface area contributed by atoms with Gasteiger partial charge in [-0.1, -0.05) is 24.3 Å². The van der Waals surface area contributed by atoms with E-state index in [4.69, 9.17) is 5.11 Å². The first-order chi connectivity index (χ1) is 13.1. The molecule has 1 aliphatic rings. The van der Waals surface area contributed by atoms with Gasteiger partial charge in [0.2, 0.25) is 0 Å². The average molecular weight is 408 g/mol. The van der Waals surface area contributed by atoms with Crippen LogP contribution in [0.2, 0.25) is 0 Å². The highest BCUT2D eigenvalue weighted by atomic mass is 35.5. The Bertz CT molecular complexity index is 791. The van der Waals surface area contributed by atoms with Crippen molar-refractivity contribution in [3.05, 3.63) is 65.6 Å². The van der Waals surface area contributed by atoms with E-state index in [1.165, 1.54) is 18.3 Å². The van der Waals surface area contributed by atoms with Crippen LogP contribution in [0.4, 0.5) is 10.2 Å². The Labute approximate surface area is 169 Å². The van der Waals surface area contributed by atoms with Crippen LogP contribution in [0, 0.1) is 5.82 Å². The van der Waals surface area contributed by atoms with Crippen molar-refractivity contribution >= 4 is 30.3 Å². The zero-order valence-corrected chi connectivity index (χ0v) is 16.1. The number of hydrogen-bond acceptors (Lipinski definition) is 5. The zero-order valence-electron chi connectivity index (χ0n) is 15.2. The third-order valence-electron chi connectivity index (χ3n) is 4.67. The lowest BCUT2D eigenvalue weighted by molar-refractivity contribution is 0.0696. The zero-order chi connectivity index (χ0) is 19.2. The highest BCUT2D eigenvalue weighted by Gasteiger charge is 2.22. The number of piperazine rings is 1. The van der Waals surface area contributed by atoms with Crippen molar-refractivity contribution in [1.29, 1.82) is 0 Å². The molecule has 2 aromatic rings. The third kappa shape index (κ3) is 5.51. The van der Waals surface area contributed by atoms with Crippen molar-refractivity contribution in [2.75, 3.05) is 37.7 Å². The molecule has 0 aliphatic carbocycles. The summed E-state index contributed by atoms with van der Waals surface area (Å²) in [5.74, 6) is -0.508. The third-order valence-corrected chi connectivity index (χ3v) is 4.67. The van der Waals surface area contributed by atoms with Gasteiger partial charge in [0, 0.05) is 32.4 Å². The number of pyridine rings is 1. The number of nitrogens with zero attached hydrogens (tertiary/aromatic N) is 3. The van der Waals surface area contributed by atoms with Crippen LogP contribution >= 0.6 is 12.4 Å². The van der Waals surface area contributed by atoms with E-state index in [2.05, 4.69) is 14.8 Å². The maximum absolute atomic E-state index is 13.0. The van der Waals surface area contributed by atoms with Crippen molar-refractivity contribution in [2.45, 2.75) is 6.04 Å². The Morgan fingerprint density at radius 2 is 1.82 bits per heavy atom. The normalized spacial score (nSPS) is 16.0. The number of benzene rings is 1. The summed E-state index contributed by atoms with van der Waals surface area (Å²) in [5, 5.41) is 18.7. The van der Waals surface area contributed by atoms with Crippen LogP contribution in [0.15, 0.2) is 48.7 Å². The molecule has 1 aromatic carbocycles. The van der Waals surface area contributed by atoms with E-state index in [0.717, 1.165) is 37.6 Å². The fourth-order valence-corrected chi connectivity index (χ4v) is 3.08. The van der Waals surface area contributed by atoms with Gasteiger partial charge < -0.3 is 15.1 Å². The summed E-state index contributed by atoms with van der Waals surface area (Å²) >= 11 is 0. The molecule has 1 fully saturated rings. The molecule has 1 aromatic heterocycles. The summed E-state index contributed by atoms with van der Waals surface area (Å²) in [6.07, 6.45) is 5.19. The maximum Gasteiger partial charge on any atom is 0.337 e. The van der Waals surface area contributed by atoms with Crippen molar-refractivity contribution in [3.8, 4) is 0 Å². The number of aromatic nitrogens is 1. The van der Waals surface area contributed by atoms with Crippen LogP contribution in [-0.4, -0.2) is 64.9 Å². The minimum absolute atomic E-state index is 0. The predicted octanol–water partition coefficient (Wildman–Crippen LogP) is 2.54. The minimum Gasteiger partial charge on any atom is -0.478 e. The van der Waals surface area contributed by atoms with E-state index in [0.29, 0.717) is 0 Å². The first kappa shape index (κ1) is 21.8. The molecule has 1 unspecified atom stereocenters. The summed E-state index contributed by atoms with van der Waals surface area (Å²) in [6.45, 7) is 2.98. The largest absolute Gasteiger partial charge is 0.478 e. The number of carboxylic acid groups (broad SMARTS) is 1. The van der Waals surface area contributed by atoms with E-state index in [-0.39, 0.29) is 36.4 Å². The fraction of sp³-hybridized carbons (Fsp3) is 0.300. The lowest BCUT2D eigenvalue weighted by Crippen LogP contribution is -2.51. The van der Waals surface area contributed by atoms with Gasteiger partial charge in [-0.3, -0.25) is 4.90 Å². The number of halogens is 2. The molecule has 0 radical (unpaired) electrons. The standard InChI is InChI=1S/C20H22FN3O3.ClH/c21-17-5-1-15(2-6-17)3-7-18(14-25)23-9-11-24(12-10-23)19-8-4-16(13-22-19)20(26)27;/h1-8,13,18,25H,9-12,14H2,(H,26,27);1H/b7-3+;. The Balaban J connectivity index is 0.00000280. The molecule has 3 rings (SSSR count). The molecule has 150 valence electrons. The number of carbonyl (C=O) groups is 1. The number of rotatable bonds is 6. The first-order valence-corrected chi connectivity index (χ1v) is 8.80. The van der Waals surface area contributed by atoms with Gasteiger partial charge in [0.05, 0.1) is 18.2 Å². The lowest BCUT2D eigenvalue weighted by Gasteiger charge is -2.38. The number of aliphatic hydroxyl groups is 1. The Morgan fingerprint density at radius 1 is 1.14 bits per heavy atom. The first-order valence-electron chi connectivity index (χ1n) is 8.80. The molecule has 2 N–H and O–H groups in total. The quantitative estimate of drug-likeness (QED) is 0.766. The van der Waals surface area contributed by atoms with E-state index in [1.807, 2.05) is 12.2 Å². The van der Waals surface area contributed by atoms with Crippen molar-refractivity contribution in [3.63, 3.8) is 0 Å². The number of hydrogen-bond donors (Lipinski definition) is 2. The van der Waals surface area contributed by atoms with E-state index < -0.39 is 5.97 Å². The molecule has 8 heteroatoms. The molecule has 1 aliphatic heterocycles. The SMILES string of the molecule is Cl.O=C(O)c1ccc(N2CCN(C(/C=C/c3ccc(F)cc3)CO)CC2)nc1. The van der Waals surface area contributed by atoms with Crippen molar-refractivity contribution < 1.29 is 19.4 Å². The Kier molecular flexibility index (Phi) is 7.92. The molecule has 28 heavy (non-hydrogen) atoms. The molecule has 0 saturated carbocycles. The van der Waals surface area contributed by atoms with Crippen LogP contribution in [0.1, 0.15) is 15.9 Å². The monoisotopic (exact) mass is 407 g/mol. The second-order valence-corrected chi connectivity index (χ2v) is 6.39. The van der Waals surface area contributed by atoms with Gasteiger partial charge in [-0.2, -0.15) is 0 Å². The number of aromatic carboxylic acids is 1. The van der Waals surface area contributed by atoms with Gasteiger partial charge in [0.25, 0.3) is 0 Å². The molecule has 0 bridgehead atoms. The molecule has 0 spiro atoms. The highest BCUT2D eigenvalue weighted by Crippen LogP contribution is 2.16. The Morgan fingerprint density at radius 3 is 2.36 bits per heavy atom. The molecule has 1 saturated heterocycles. The second-order valence-electron chi connectivity index (χ2n) is 6.39. The lowest BCUT2D eigenvalue weighted by atomic mass is 10.1. The van der Waals surface area contributed by atoms with Gasteiger partial charge in [0.15, 0.2) is 0 Å². The molecule has 6 nitrogen and oxygen atoms in total. The van der Waals surface area contributed by atoms with E-state index >= 15 is 0 Å². The number of aliphatic hydroxyl groups excluding tert-OH is 1. The molecule has 1 atom stereocenters. The smallest absolute Gasteiger partial charge is 0.337 e. The van der Waals surface area contributed by atoms with E-state index in [9.17, 15) is 14.3 Å². The van der Waals surface area contributed by atoms with Gasteiger partial charge in [-0.25, -0.2) is 14.2 Å². The summed E-state index contributed by atoms with van der Waals surface area (Å²) in [5.41, 5.74) is 1.06. The maximum atomic E-state index is 13.0. The van der Waals surface area contributed by atoms with Gasteiger partial charge in [0.1, 0.15) is 11.6 Å². The second kappa shape index (κ2) is 10.2. The highest BCUT2D eigenvalue weighted by molar-refractivity contribution is 5.87. The number of anilines is 1. The molecule has 2 heterocycles. The summed E-state index contributed by atoms with van der Waals surface area (Å²) in [4.78, 5) is 19.4. The fourth-order valence-electron chi connectivity index (χ4n) is 3.08. The van der Waals surface area contributed by atoms with Crippen LogP contribution in [0.25, 0.3) is 6.08 Å². The topological polar surface area (TPSA) is 76.9 Å². The van der Waals surface area contributed by atoms with Gasteiger partial charge >= 0.3 is 5.97 Å². The number of carboxylic acids is 1. The van der Waals surface area contributed by atoms with Gasteiger partial charge in [-0.15, -0.1) is 12.4 Å². The Hall–Kier alpha value is -2.48. The van der Waals surface area contributed by atoms with Crippen LogP contribution in [0.3, 0.4) is 0 Å². The van der Waals surface area contributed by atoms with Crippen LogP contribution < -0.4 is 4.90 Å². The molecular weight excluding hydrogens is 385 g/mol. The summed E-state index contributed by atoms with van der Waals surface area (Å²) in [6, 6.07) is 9.38. The minimum atomic E-state index is -0.988. The average Bonchev–Trinajstić information content (AvgIpc) is 2.70. The van der Waals surface area contributed by atoms with Gasteiger partial charge in [-0.05, 0) is 29.8 Å². The molecule has 0 amide bonds. The summed E-state index contributed by atoms with van der Waals surface area (Å²) in [7, 11) is 0. The van der Waals surface area contributed by atoms with Crippen LogP contribution in [0.5, 0.6) is 0 Å². The summed E-state index contributed by atoms with van der Waals surface area (Å²) < 4.78 is 13.0. The van der Waals surface area contributed by atoms with E-state index in [1.54, 1.807) is 24.3 Å². The van der Waals surface area contributed by atoms with Crippen molar-refractivity contribution in [1.82, 2.24) is 9.88 Å². The van der Waals surface area contributed by atoms with Crippen molar-refractivity contribution in [2.24, 2.45) is 0 Å². The predicted molar refractivity (Wildman–Crippen MR) is 109 cm³/mol. The molecular formula is C20H23ClFN3O3. The van der Waals surface area contributed by atoms with Crippen LogP contribution in [-0.2, 0) is 0 Å².